The Labute approximate surface area is 155 Å². The summed E-state index contributed by atoms with van der Waals surface area (Å²) in [6.45, 7) is 6.47. The Kier molecular flexibility index (Phi) is 4.11. The van der Waals surface area contributed by atoms with E-state index in [0.29, 0.717) is 0 Å². The van der Waals surface area contributed by atoms with Crippen LogP contribution in [0.4, 0.5) is 17.2 Å². The molecule has 2 heterocycles. The quantitative estimate of drug-likeness (QED) is 0.663. The van der Waals surface area contributed by atoms with Gasteiger partial charge in [-0.15, -0.1) is 0 Å². The maximum Gasteiger partial charge on any atom is 0.161 e. The molecule has 0 fully saturated rings. The first kappa shape index (κ1) is 16.6. The van der Waals surface area contributed by atoms with Crippen molar-refractivity contribution in [2.45, 2.75) is 33.4 Å². The Balaban J connectivity index is 1.85. The van der Waals surface area contributed by atoms with Crippen LogP contribution in [0.1, 0.15) is 24.5 Å². The van der Waals surface area contributed by atoms with Crippen LogP contribution in [-0.2, 0) is 0 Å². The van der Waals surface area contributed by atoms with Crippen LogP contribution in [-0.4, -0.2) is 23.2 Å². The summed E-state index contributed by atoms with van der Waals surface area (Å²) < 4.78 is 0. The fourth-order valence-electron chi connectivity index (χ4n) is 3.80. The minimum atomic E-state index is 0.243. The van der Waals surface area contributed by atoms with Gasteiger partial charge in [0.1, 0.15) is 11.9 Å². The number of anilines is 3. The van der Waals surface area contributed by atoms with Gasteiger partial charge in [-0.05, 0) is 37.5 Å². The molecule has 0 N–H and O–H groups in total. The van der Waals surface area contributed by atoms with Crippen molar-refractivity contribution in [1.29, 1.82) is 0 Å². The second kappa shape index (κ2) is 6.45. The summed E-state index contributed by atoms with van der Waals surface area (Å²) in [4.78, 5) is 14.3. The van der Waals surface area contributed by atoms with Gasteiger partial charge in [-0.2, -0.15) is 0 Å². The number of hydrogen-bond donors (Lipinski definition) is 0. The lowest BCUT2D eigenvalue weighted by molar-refractivity contribution is 0.643. The van der Waals surface area contributed by atoms with Gasteiger partial charge in [-0.3, -0.25) is 0 Å². The predicted molar refractivity (Wildman–Crippen MR) is 108 cm³/mol. The molecule has 0 aliphatic carbocycles. The Morgan fingerprint density at radius 2 is 1.62 bits per heavy atom. The van der Waals surface area contributed by atoms with Gasteiger partial charge in [-0.25, -0.2) is 9.97 Å². The molecule has 26 heavy (non-hydrogen) atoms. The van der Waals surface area contributed by atoms with E-state index in [-0.39, 0.29) is 6.17 Å². The minimum absolute atomic E-state index is 0.243. The third kappa shape index (κ3) is 2.53. The van der Waals surface area contributed by atoms with Crippen molar-refractivity contribution in [3.63, 3.8) is 0 Å². The van der Waals surface area contributed by atoms with Gasteiger partial charge in [0.05, 0.1) is 6.20 Å². The number of hydrogen-bond acceptors (Lipinski definition) is 4. The van der Waals surface area contributed by atoms with Crippen molar-refractivity contribution in [3.05, 3.63) is 65.9 Å². The molecule has 1 atom stereocenters. The first-order valence-corrected chi connectivity index (χ1v) is 9.12. The standard InChI is InChI=1S/C22H24N4/c1-5-20-25(4)22-19(26(20)18-13-9-7-11-16(18)3)14-23-21(24-22)17-12-8-6-10-15(17)2/h6-14,20H,5H2,1-4H3. The highest BCUT2D eigenvalue weighted by atomic mass is 15.4. The molecule has 1 aromatic heterocycles. The minimum Gasteiger partial charge on any atom is -0.337 e. The number of nitrogens with zero attached hydrogens (tertiary/aromatic N) is 4. The molecule has 4 heteroatoms. The SMILES string of the molecule is CCC1N(C)c2nc(-c3ccccc3C)ncc2N1c1ccccc1C. The highest BCUT2D eigenvalue weighted by molar-refractivity contribution is 5.82. The summed E-state index contributed by atoms with van der Waals surface area (Å²) in [6, 6.07) is 16.8. The molecule has 1 aliphatic rings. The third-order valence-corrected chi connectivity index (χ3v) is 5.21. The summed E-state index contributed by atoms with van der Waals surface area (Å²) in [6.07, 6.45) is 3.22. The average molecular weight is 344 g/mol. The highest BCUT2D eigenvalue weighted by Gasteiger charge is 2.36. The van der Waals surface area contributed by atoms with E-state index in [2.05, 4.69) is 74.0 Å². The summed E-state index contributed by atoms with van der Waals surface area (Å²) in [5.41, 5.74) is 5.83. The fourth-order valence-corrected chi connectivity index (χ4v) is 3.80. The number of benzene rings is 2. The zero-order valence-corrected chi connectivity index (χ0v) is 15.8. The Bertz CT molecular complexity index is 950. The van der Waals surface area contributed by atoms with Crippen LogP contribution in [0, 0.1) is 13.8 Å². The second-order valence-corrected chi connectivity index (χ2v) is 6.87. The zero-order valence-electron chi connectivity index (χ0n) is 15.8. The molecule has 1 unspecified atom stereocenters. The first-order valence-electron chi connectivity index (χ1n) is 9.12. The van der Waals surface area contributed by atoms with Crippen molar-refractivity contribution in [2.24, 2.45) is 0 Å². The van der Waals surface area contributed by atoms with Crippen LogP contribution < -0.4 is 9.80 Å². The van der Waals surface area contributed by atoms with Crippen LogP contribution in [0.5, 0.6) is 0 Å². The zero-order chi connectivity index (χ0) is 18.3. The number of aryl methyl sites for hydroxylation is 2. The Morgan fingerprint density at radius 3 is 2.31 bits per heavy atom. The van der Waals surface area contributed by atoms with Gasteiger partial charge >= 0.3 is 0 Å². The van der Waals surface area contributed by atoms with Gasteiger partial charge in [0.25, 0.3) is 0 Å². The highest BCUT2D eigenvalue weighted by Crippen LogP contribution is 2.44. The lowest BCUT2D eigenvalue weighted by Gasteiger charge is -2.30. The molecule has 4 nitrogen and oxygen atoms in total. The Morgan fingerprint density at radius 1 is 0.923 bits per heavy atom. The molecule has 0 spiro atoms. The average Bonchev–Trinajstić information content (AvgIpc) is 2.94. The molecule has 4 rings (SSSR count). The van der Waals surface area contributed by atoms with E-state index in [0.717, 1.165) is 29.3 Å². The molecule has 0 bridgehead atoms. The summed E-state index contributed by atoms with van der Waals surface area (Å²) in [5.74, 6) is 1.78. The van der Waals surface area contributed by atoms with Gasteiger partial charge in [0.15, 0.2) is 11.6 Å². The third-order valence-electron chi connectivity index (χ3n) is 5.21. The van der Waals surface area contributed by atoms with E-state index in [1.54, 1.807) is 0 Å². The number of fused-ring (bicyclic) bond motifs is 1. The number of aromatic nitrogens is 2. The van der Waals surface area contributed by atoms with E-state index in [4.69, 9.17) is 9.97 Å². The normalized spacial score (nSPS) is 16.1. The molecule has 0 saturated carbocycles. The molecular formula is C22H24N4. The molecule has 132 valence electrons. The molecule has 0 amide bonds. The van der Waals surface area contributed by atoms with Crippen LogP contribution in [0.15, 0.2) is 54.7 Å². The van der Waals surface area contributed by atoms with Crippen molar-refractivity contribution in [2.75, 3.05) is 16.8 Å². The van der Waals surface area contributed by atoms with E-state index in [1.807, 2.05) is 18.3 Å². The van der Waals surface area contributed by atoms with Crippen molar-refractivity contribution < 1.29 is 0 Å². The lowest BCUT2D eigenvalue weighted by atomic mass is 10.1. The van der Waals surface area contributed by atoms with E-state index in [1.165, 1.54) is 16.8 Å². The monoisotopic (exact) mass is 344 g/mol. The fraction of sp³-hybridized carbons (Fsp3) is 0.273. The molecular weight excluding hydrogens is 320 g/mol. The molecule has 0 saturated heterocycles. The number of para-hydroxylation sites is 1. The maximum absolute atomic E-state index is 4.94. The maximum atomic E-state index is 4.94. The van der Waals surface area contributed by atoms with Crippen LogP contribution in [0.25, 0.3) is 11.4 Å². The van der Waals surface area contributed by atoms with Gasteiger partial charge < -0.3 is 9.80 Å². The molecule has 2 aromatic carbocycles. The largest absolute Gasteiger partial charge is 0.337 e. The number of rotatable bonds is 3. The van der Waals surface area contributed by atoms with Crippen LogP contribution >= 0.6 is 0 Å². The first-order chi connectivity index (χ1) is 12.6. The van der Waals surface area contributed by atoms with Crippen LogP contribution in [0.2, 0.25) is 0 Å². The van der Waals surface area contributed by atoms with Crippen molar-refractivity contribution >= 4 is 17.2 Å². The lowest BCUT2D eigenvalue weighted by Crippen LogP contribution is -2.38. The topological polar surface area (TPSA) is 32.3 Å². The second-order valence-electron chi connectivity index (χ2n) is 6.87. The predicted octanol–water partition coefficient (Wildman–Crippen LogP) is 5.08. The van der Waals surface area contributed by atoms with Gasteiger partial charge in [0, 0.05) is 18.3 Å². The summed E-state index contributed by atoms with van der Waals surface area (Å²) in [7, 11) is 2.12. The summed E-state index contributed by atoms with van der Waals surface area (Å²) >= 11 is 0. The Hall–Kier alpha value is -2.88. The van der Waals surface area contributed by atoms with E-state index < -0.39 is 0 Å². The summed E-state index contributed by atoms with van der Waals surface area (Å²) in [5, 5.41) is 0. The van der Waals surface area contributed by atoms with Crippen LogP contribution in [0.3, 0.4) is 0 Å². The molecule has 1 aliphatic heterocycles. The van der Waals surface area contributed by atoms with Crippen molar-refractivity contribution in [3.8, 4) is 11.4 Å². The van der Waals surface area contributed by atoms with Gasteiger partial charge in [-0.1, -0.05) is 49.4 Å². The smallest absolute Gasteiger partial charge is 0.161 e. The van der Waals surface area contributed by atoms with E-state index >= 15 is 0 Å². The molecule has 3 aromatic rings. The van der Waals surface area contributed by atoms with Crippen molar-refractivity contribution in [1.82, 2.24) is 9.97 Å². The van der Waals surface area contributed by atoms with Gasteiger partial charge in [0.2, 0.25) is 0 Å². The molecule has 0 radical (unpaired) electrons. The van der Waals surface area contributed by atoms with E-state index in [9.17, 15) is 0 Å².